The number of ether oxygens (including phenoxy) is 1. The number of unbranched alkanes of at least 4 members (excludes halogenated alkanes) is 11. The van der Waals surface area contributed by atoms with Gasteiger partial charge in [-0.2, -0.15) is 0 Å². The minimum atomic E-state index is -0.540. The highest BCUT2D eigenvalue weighted by Crippen LogP contribution is 2.38. The zero-order valence-electron chi connectivity index (χ0n) is 24.4. The normalized spacial score (nSPS) is 18.4. The molecule has 0 aliphatic heterocycles. The molecule has 3 heteroatoms. The fraction of sp³-hybridized carbons (Fsp3) is 0.528. The largest absolute Gasteiger partial charge is 0.458 e. The fourth-order valence-electron chi connectivity index (χ4n) is 5.10. The van der Waals surface area contributed by atoms with E-state index in [4.69, 9.17) is 17.0 Å². The number of hydrogen-bond acceptors (Lipinski definition) is 3. The van der Waals surface area contributed by atoms with Crippen molar-refractivity contribution in [3.05, 3.63) is 95.6 Å². The second kappa shape index (κ2) is 18.5. The third kappa shape index (κ3) is 11.7. The highest BCUT2D eigenvalue weighted by atomic mass is 32.2. The van der Waals surface area contributed by atoms with E-state index in [1.54, 1.807) is 0 Å². The Labute approximate surface area is 248 Å². The summed E-state index contributed by atoms with van der Waals surface area (Å²) in [6.07, 6.45) is 27.4. The first kappa shape index (κ1) is 31.7. The Hall–Kier alpha value is -1.84. The van der Waals surface area contributed by atoms with Gasteiger partial charge in [0.1, 0.15) is 0 Å². The fourth-order valence-corrected chi connectivity index (χ4v) is 6.58. The summed E-state index contributed by atoms with van der Waals surface area (Å²) in [6, 6.07) is 19.4. The van der Waals surface area contributed by atoms with Crippen molar-refractivity contribution in [2.45, 2.75) is 115 Å². The molecule has 212 valence electrons. The molecule has 3 rings (SSSR count). The number of thioether (sulfide) groups is 1. The van der Waals surface area contributed by atoms with Crippen LogP contribution in [0.4, 0.5) is 0 Å². The van der Waals surface area contributed by atoms with E-state index in [1.807, 2.05) is 11.8 Å². The predicted molar refractivity (Wildman–Crippen MR) is 177 cm³/mol. The van der Waals surface area contributed by atoms with E-state index in [-0.39, 0.29) is 5.92 Å². The third-order valence-electron chi connectivity index (χ3n) is 7.59. The predicted octanol–water partition coefficient (Wildman–Crippen LogP) is 11.4. The molecule has 0 radical (unpaired) electrons. The summed E-state index contributed by atoms with van der Waals surface area (Å²) in [5, 5.41) is 0.584. The smallest absolute Gasteiger partial charge is 0.193 e. The van der Waals surface area contributed by atoms with Crippen LogP contribution in [0.15, 0.2) is 78.9 Å². The third-order valence-corrected chi connectivity index (χ3v) is 9.21. The van der Waals surface area contributed by atoms with Crippen molar-refractivity contribution in [1.82, 2.24) is 0 Å². The topological polar surface area (TPSA) is 9.23 Å². The summed E-state index contributed by atoms with van der Waals surface area (Å²) in [5.74, 6) is 1.34. The molecule has 0 atom stereocenters. The molecule has 0 spiro atoms. The van der Waals surface area contributed by atoms with Gasteiger partial charge >= 0.3 is 0 Å². The maximum Gasteiger partial charge on any atom is 0.193 e. The van der Waals surface area contributed by atoms with Crippen molar-refractivity contribution in [2.24, 2.45) is 0 Å². The van der Waals surface area contributed by atoms with Gasteiger partial charge in [0.2, 0.25) is 0 Å². The molecular weight excluding hydrogens is 513 g/mol. The first-order valence-electron chi connectivity index (χ1n) is 15.6. The molecule has 0 heterocycles. The molecule has 39 heavy (non-hydrogen) atoms. The van der Waals surface area contributed by atoms with Gasteiger partial charge in [0.15, 0.2) is 9.98 Å². The number of allylic oxidation sites excluding steroid dienone is 2. The highest BCUT2D eigenvalue weighted by Gasteiger charge is 2.31. The van der Waals surface area contributed by atoms with Crippen molar-refractivity contribution in [2.75, 3.05) is 5.75 Å². The highest BCUT2D eigenvalue weighted by molar-refractivity contribution is 8.00. The molecule has 0 unspecified atom stereocenters. The number of hydrogen-bond donors (Lipinski definition) is 0. The second-order valence-electron chi connectivity index (χ2n) is 11.0. The van der Waals surface area contributed by atoms with Crippen LogP contribution in [0.25, 0.3) is 0 Å². The van der Waals surface area contributed by atoms with Crippen LogP contribution in [0.3, 0.4) is 0 Å². The minimum Gasteiger partial charge on any atom is -0.458 e. The van der Waals surface area contributed by atoms with Crippen molar-refractivity contribution < 1.29 is 4.74 Å². The molecule has 1 aliphatic carbocycles. The van der Waals surface area contributed by atoms with Gasteiger partial charge in [0.05, 0.1) is 0 Å². The Bertz CT molecular complexity index is 978. The number of thiocarbonyl (C=S) groups is 1. The summed E-state index contributed by atoms with van der Waals surface area (Å²) >= 11 is 7.72. The lowest BCUT2D eigenvalue weighted by Gasteiger charge is -2.31. The van der Waals surface area contributed by atoms with E-state index in [2.05, 4.69) is 92.7 Å². The summed E-state index contributed by atoms with van der Waals surface area (Å²) in [4.78, 5) is -0.540. The van der Waals surface area contributed by atoms with Gasteiger partial charge in [-0.15, -0.1) is 11.8 Å². The Morgan fingerprint density at radius 1 is 0.718 bits per heavy atom. The monoisotopic (exact) mass is 562 g/mol. The van der Waals surface area contributed by atoms with Crippen molar-refractivity contribution in [3.63, 3.8) is 0 Å². The quantitative estimate of drug-likeness (QED) is 0.0729. The second-order valence-corrected chi connectivity index (χ2v) is 12.7. The van der Waals surface area contributed by atoms with Crippen LogP contribution in [0.2, 0.25) is 0 Å². The van der Waals surface area contributed by atoms with E-state index in [9.17, 15) is 0 Å². The molecule has 1 nitrogen and oxygen atoms in total. The van der Waals surface area contributed by atoms with Gasteiger partial charge in [-0.25, -0.2) is 0 Å². The van der Waals surface area contributed by atoms with Crippen LogP contribution in [0.5, 0.6) is 0 Å². The van der Waals surface area contributed by atoms with Gasteiger partial charge in [0.25, 0.3) is 0 Å². The molecule has 0 aromatic heterocycles. The van der Waals surface area contributed by atoms with Crippen molar-refractivity contribution in [3.8, 4) is 0 Å². The average molecular weight is 563 g/mol. The Balaban J connectivity index is 1.56. The molecule has 0 bridgehead atoms. The average Bonchev–Trinajstić information content (AvgIpc) is 2.97. The molecule has 0 saturated carbocycles. The number of benzene rings is 2. The summed E-state index contributed by atoms with van der Waals surface area (Å²) in [6.45, 7) is 4.55. The summed E-state index contributed by atoms with van der Waals surface area (Å²) in [7, 11) is 0. The van der Waals surface area contributed by atoms with E-state index >= 15 is 0 Å². The molecule has 0 N–H and O–H groups in total. The van der Waals surface area contributed by atoms with E-state index < -0.39 is 4.93 Å². The summed E-state index contributed by atoms with van der Waals surface area (Å²) < 4.78 is 6.61. The lowest BCUT2D eigenvalue weighted by Crippen LogP contribution is -2.29. The minimum absolute atomic E-state index is 0.275. The number of rotatable bonds is 19. The van der Waals surface area contributed by atoms with Crippen LogP contribution in [0, 0.1) is 0 Å². The van der Waals surface area contributed by atoms with Crippen LogP contribution >= 0.6 is 24.0 Å². The van der Waals surface area contributed by atoms with Crippen molar-refractivity contribution in [1.29, 1.82) is 0 Å². The van der Waals surface area contributed by atoms with E-state index in [0.29, 0.717) is 5.05 Å². The van der Waals surface area contributed by atoms with Gasteiger partial charge in [-0.3, -0.25) is 0 Å². The van der Waals surface area contributed by atoms with Crippen molar-refractivity contribution >= 4 is 29.0 Å². The molecule has 1 aliphatic rings. The first-order chi connectivity index (χ1) is 19.2. The van der Waals surface area contributed by atoms with Gasteiger partial charge in [-0.05, 0) is 60.5 Å². The summed E-state index contributed by atoms with van der Waals surface area (Å²) in [5.41, 5.74) is 3.70. The lowest BCUT2D eigenvalue weighted by atomic mass is 9.94. The zero-order chi connectivity index (χ0) is 27.6. The van der Waals surface area contributed by atoms with Gasteiger partial charge in [0, 0.05) is 11.5 Å². The Kier molecular flexibility index (Phi) is 15.0. The molecule has 2 aromatic rings. The van der Waals surface area contributed by atoms with Crippen LogP contribution in [-0.2, 0) is 11.2 Å². The van der Waals surface area contributed by atoms with Crippen LogP contribution < -0.4 is 0 Å². The van der Waals surface area contributed by atoms with E-state index in [0.717, 1.165) is 17.7 Å². The maximum atomic E-state index is 6.61. The maximum absolute atomic E-state index is 6.61. The van der Waals surface area contributed by atoms with E-state index in [1.165, 1.54) is 94.6 Å². The Morgan fingerprint density at radius 2 is 1.28 bits per heavy atom. The van der Waals surface area contributed by atoms with Gasteiger partial charge in [-0.1, -0.05) is 151 Å². The molecule has 0 saturated heterocycles. The molecule has 0 fully saturated rings. The lowest BCUT2D eigenvalue weighted by molar-refractivity contribution is 0.256. The SMILES string of the molecule is CCCCCCCCCSC1(OC(=S)c2ccc(CCCCCCCC)cc2)C=CC(c2ccccc2)C=C1. The molecule has 2 aromatic carbocycles. The molecule has 0 amide bonds. The molecular formula is C36H50OS2. The standard InChI is InChI=1S/C36H50OS2/c1-3-5-7-9-11-13-18-30-39-36(28-26-33(27-29-36)32-20-16-14-17-21-32)37-35(38)34-24-22-31(23-25-34)19-15-12-10-8-6-4-2/h14,16-17,20-29,33H,3-13,15,18-19,30H2,1-2H3. The van der Waals surface area contributed by atoms with Gasteiger partial charge < -0.3 is 4.74 Å². The zero-order valence-corrected chi connectivity index (χ0v) is 26.0. The Morgan fingerprint density at radius 3 is 1.90 bits per heavy atom. The number of aryl methyl sites for hydroxylation is 1. The van der Waals surface area contributed by atoms with Crippen LogP contribution in [0.1, 0.15) is 120 Å². The van der Waals surface area contributed by atoms with Crippen LogP contribution in [-0.4, -0.2) is 15.7 Å². The first-order valence-corrected chi connectivity index (χ1v) is 16.9.